The Morgan fingerprint density at radius 1 is 1.14 bits per heavy atom. The molecule has 2 aromatic heterocycles. The SMILES string of the molecule is Cn1ccc2cc(C(C)(C)C)n(C)c21. The zero-order chi connectivity index (χ0) is 10.5. The molecule has 2 heterocycles. The topological polar surface area (TPSA) is 9.86 Å². The summed E-state index contributed by atoms with van der Waals surface area (Å²) in [4.78, 5) is 0. The predicted octanol–water partition coefficient (Wildman–Crippen LogP) is 2.81. The molecule has 14 heavy (non-hydrogen) atoms. The highest BCUT2D eigenvalue weighted by atomic mass is 15.1. The summed E-state index contributed by atoms with van der Waals surface area (Å²) in [5.41, 5.74) is 2.90. The number of hydrogen-bond donors (Lipinski definition) is 0. The lowest BCUT2D eigenvalue weighted by Gasteiger charge is -2.19. The molecule has 2 nitrogen and oxygen atoms in total. The van der Waals surface area contributed by atoms with Gasteiger partial charge in [0, 0.05) is 36.8 Å². The second-order valence-corrected chi connectivity index (χ2v) is 5.04. The van der Waals surface area contributed by atoms with Gasteiger partial charge in [0.1, 0.15) is 5.65 Å². The first kappa shape index (κ1) is 9.38. The van der Waals surface area contributed by atoms with Gasteiger partial charge in [0.25, 0.3) is 0 Å². The molecular formula is C12H18N2. The molecule has 76 valence electrons. The van der Waals surface area contributed by atoms with Crippen LogP contribution in [0, 0.1) is 0 Å². The average molecular weight is 190 g/mol. The third kappa shape index (κ3) is 1.17. The van der Waals surface area contributed by atoms with Gasteiger partial charge in [0.15, 0.2) is 0 Å². The average Bonchev–Trinajstić information content (AvgIpc) is 2.53. The van der Waals surface area contributed by atoms with Gasteiger partial charge in [-0.25, -0.2) is 0 Å². The van der Waals surface area contributed by atoms with Crippen LogP contribution in [0.25, 0.3) is 11.0 Å². The number of hydrogen-bond acceptors (Lipinski definition) is 0. The Morgan fingerprint density at radius 2 is 1.79 bits per heavy atom. The predicted molar refractivity (Wildman–Crippen MR) is 60.6 cm³/mol. The molecule has 0 amide bonds. The minimum atomic E-state index is 0.216. The maximum absolute atomic E-state index is 2.29. The Hall–Kier alpha value is -1.18. The van der Waals surface area contributed by atoms with Crippen molar-refractivity contribution in [3.8, 4) is 0 Å². The minimum absolute atomic E-state index is 0.216. The van der Waals surface area contributed by atoms with Crippen molar-refractivity contribution < 1.29 is 0 Å². The van der Waals surface area contributed by atoms with Gasteiger partial charge in [-0.2, -0.15) is 0 Å². The number of fused-ring (bicyclic) bond motifs is 1. The molecule has 0 aliphatic rings. The lowest BCUT2D eigenvalue weighted by Crippen LogP contribution is -2.16. The van der Waals surface area contributed by atoms with Crippen LogP contribution in [0.15, 0.2) is 18.3 Å². The van der Waals surface area contributed by atoms with Crippen LogP contribution in [0.4, 0.5) is 0 Å². The molecule has 0 spiro atoms. The van der Waals surface area contributed by atoms with E-state index in [1.54, 1.807) is 0 Å². The fraction of sp³-hybridized carbons (Fsp3) is 0.500. The van der Waals surface area contributed by atoms with Crippen molar-refractivity contribution >= 4 is 11.0 Å². The highest BCUT2D eigenvalue weighted by molar-refractivity contribution is 5.79. The van der Waals surface area contributed by atoms with E-state index in [1.807, 2.05) is 0 Å². The first-order valence-corrected chi connectivity index (χ1v) is 5.02. The molecule has 0 aliphatic heterocycles. The van der Waals surface area contributed by atoms with Gasteiger partial charge in [-0.1, -0.05) is 20.8 Å². The van der Waals surface area contributed by atoms with E-state index < -0.39 is 0 Å². The molecule has 2 heteroatoms. The first-order chi connectivity index (χ1) is 6.41. The van der Waals surface area contributed by atoms with E-state index in [2.05, 4.69) is 62.3 Å². The molecule has 0 saturated carbocycles. The lowest BCUT2D eigenvalue weighted by atomic mass is 9.92. The van der Waals surface area contributed by atoms with E-state index in [4.69, 9.17) is 0 Å². The molecular weight excluding hydrogens is 172 g/mol. The molecule has 0 N–H and O–H groups in total. The van der Waals surface area contributed by atoms with Gasteiger partial charge in [-0.15, -0.1) is 0 Å². The highest BCUT2D eigenvalue weighted by Crippen LogP contribution is 2.28. The summed E-state index contributed by atoms with van der Waals surface area (Å²) in [6.07, 6.45) is 2.11. The number of aryl methyl sites for hydroxylation is 2. The van der Waals surface area contributed by atoms with Gasteiger partial charge >= 0.3 is 0 Å². The normalized spacial score (nSPS) is 12.6. The Kier molecular flexibility index (Phi) is 1.78. The molecule has 0 radical (unpaired) electrons. The van der Waals surface area contributed by atoms with Gasteiger partial charge in [0.05, 0.1) is 0 Å². The van der Waals surface area contributed by atoms with Crippen molar-refractivity contribution in [2.45, 2.75) is 26.2 Å². The van der Waals surface area contributed by atoms with Gasteiger partial charge in [-0.05, 0) is 12.1 Å². The van der Waals surface area contributed by atoms with Crippen LogP contribution in [-0.2, 0) is 19.5 Å². The van der Waals surface area contributed by atoms with Crippen LogP contribution in [0.1, 0.15) is 26.5 Å². The quantitative estimate of drug-likeness (QED) is 0.604. The second kappa shape index (κ2) is 2.66. The molecule has 0 unspecified atom stereocenters. The summed E-state index contributed by atoms with van der Waals surface area (Å²) in [6.45, 7) is 6.75. The monoisotopic (exact) mass is 190 g/mol. The zero-order valence-electron chi connectivity index (χ0n) is 9.63. The smallest absolute Gasteiger partial charge is 0.119 e. The van der Waals surface area contributed by atoms with Crippen molar-refractivity contribution in [1.29, 1.82) is 0 Å². The number of rotatable bonds is 0. The fourth-order valence-electron chi connectivity index (χ4n) is 2.16. The molecule has 0 aliphatic carbocycles. The van der Waals surface area contributed by atoms with Crippen LogP contribution in [0.3, 0.4) is 0 Å². The first-order valence-electron chi connectivity index (χ1n) is 5.02. The molecule has 0 saturated heterocycles. The molecule has 2 rings (SSSR count). The second-order valence-electron chi connectivity index (χ2n) is 5.04. The van der Waals surface area contributed by atoms with Crippen molar-refractivity contribution in [3.63, 3.8) is 0 Å². The fourth-order valence-corrected chi connectivity index (χ4v) is 2.16. The van der Waals surface area contributed by atoms with Crippen LogP contribution in [0.2, 0.25) is 0 Å². The van der Waals surface area contributed by atoms with Gasteiger partial charge in [0.2, 0.25) is 0 Å². The van der Waals surface area contributed by atoms with Gasteiger partial charge < -0.3 is 9.13 Å². The molecule has 2 aromatic rings. The number of aromatic nitrogens is 2. The zero-order valence-corrected chi connectivity index (χ0v) is 9.63. The summed E-state index contributed by atoms with van der Waals surface area (Å²) in [6, 6.07) is 4.46. The van der Waals surface area contributed by atoms with Crippen LogP contribution >= 0.6 is 0 Å². The lowest BCUT2D eigenvalue weighted by molar-refractivity contribution is 0.544. The van der Waals surface area contributed by atoms with Crippen molar-refractivity contribution in [3.05, 3.63) is 24.0 Å². The Bertz CT molecular complexity index is 466. The summed E-state index contributed by atoms with van der Waals surface area (Å²) >= 11 is 0. The highest BCUT2D eigenvalue weighted by Gasteiger charge is 2.19. The Labute approximate surface area is 85.1 Å². The van der Waals surface area contributed by atoms with Crippen LogP contribution in [0.5, 0.6) is 0 Å². The van der Waals surface area contributed by atoms with E-state index in [0.717, 1.165) is 0 Å². The van der Waals surface area contributed by atoms with Crippen molar-refractivity contribution in [2.24, 2.45) is 14.1 Å². The third-order valence-electron chi connectivity index (χ3n) is 2.81. The minimum Gasteiger partial charge on any atom is -0.337 e. The van der Waals surface area contributed by atoms with Crippen molar-refractivity contribution in [2.75, 3.05) is 0 Å². The third-order valence-corrected chi connectivity index (χ3v) is 2.81. The van der Waals surface area contributed by atoms with Crippen LogP contribution in [-0.4, -0.2) is 9.13 Å². The Morgan fingerprint density at radius 3 is 2.29 bits per heavy atom. The van der Waals surface area contributed by atoms with E-state index in [1.165, 1.54) is 16.7 Å². The summed E-state index contributed by atoms with van der Waals surface area (Å²) in [7, 11) is 4.23. The van der Waals surface area contributed by atoms with E-state index in [-0.39, 0.29) is 5.41 Å². The summed E-state index contributed by atoms with van der Waals surface area (Å²) < 4.78 is 4.46. The largest absolute Gasteiger partial charge is 0.337 e. The number of nitrogens with zero attached hydrogens (tertiary/aromatic N) is 2. The molecule has 0 bridgehead atoms. The molecule has 0 atom stereocenters. The summed E-state index contributed by atoms with van der Waals surface area (Å²) in [5, 5.41) is 1.33. The van der Waals surface area contributed by atoms with E-state index in [9.17, 15) is 0 Å². The Balaban J connectivity index is 2.76. The van der Waals surface area contributed by atoms with E-state index in [0.29, 0.717) is 0 Å². The molecule has 0 fully saturated rings. The van der Waals surface area contributed by atoms with Gasteiger partial charge in [-0.3, -0.25) is 0 Å². The van der Waals surface area contributed by atoms with Crippen LogP contribution < -0.4 is 0 Å². The maximum Gasteiger partial charge on any atom is 0.119 e. The van der Waals surface area contributed by atoms with Crippen molar-refractivity contribution in [1.82, 2.24) is 9.13 Å². The van der Waals surface area contributed by atoms with E-state index >= 15 is 0 Å². The molecule has 0 aromatic carbocycles. The summed E-state index contributed by atoms with van der Waals surface area (Å²) in [5.74, 6) is 0. The standard InChI is InChI=1S/C12H18N2/c1-12(2,3)10-8-9-6-7-13(4)11(9)14(10)5/h6-8H,1-5H3. The maximum atomic E-state index is 2.29.